The number of fused-ring (bicyclic) bond motifs is 1. The summed E-state index contributed by atoms with van der Waals surface area (Å²) in [6.07, 6.45) is 2.47. The molecule has 0 N–H and O–H groups in total. The summed E-state index contributed by atoms with van der Waals surface area (Å²) in [6, 6.07) is 5.83. The average Bonchev–Trinajstić information content (AvgIpc) is 3.13. The van der Waals surface area contributed by atoms with Crippen molar-refractivity contribution in [2.75, 3.05) is 13.1 Å². The maximum absolute atomic E-state index is 13.2. The van der Waals surface area contributed by atoms with Gasteiger partial charge in [-0.25, -0.2) is 9.50 Å². The highest BCUT2D eigenvalue weighted by molar-refractivity contribution is 6.32. The number of nitrogens with zero attached hydrogens (tertiary/aromatic N) is 5. The second-order valence-corrected chi connectivity index (χ2v) is 8.22. The molecule has 1 amide bonds. The first kappa shape index (κ1) is 18.9. The molecular formula is C21H24ClN5O. The Morgan fingerprint density at radius 2 is 1.89 bits per heavy atom. The molecule has 2 atom stereocenters. The van der Waals surface area contributed by atoms with Crippen molar-refractivity contribution in [2.45, 2.75) is 40.0 Å². The molecule has 1 aliphatic rings. The minimum absolute atomic E-state index is 0.0559. The van der Waals surface area contributed by atoms with Crippen molar-refractivity contribution in [3.05, 3.63) is 57.6 Å². The first-order valence-corrected chi connectivity index (χ1v) is 9.96. The van der Waals surface area contributed by atoms with Crippen LogP contribution in [0.15, 0.2) is 24.5 Å². The zero-order chi connectivity index (χ0) is 20.0. The smallest absolute Gasteiger partial charge is 0.253 e. The van der Waals surface area contributed by atoms with Crippen molar-refractivity contribution in [1.29, 1.82) is 0 Å². The number of likely N-dealkylation sites (tertiary alicyclic amines) is 1. The Hall–Kier alpha value is -2.47. The number of carbonyl (C=O) groups excluding carboxylic acids is 1. The van der Waals surface area contributed by atoms with Crippen LogP contribution in [-0.2, 0) is 0 Å². The highest BCUT2D eigenvalue weighted by atomic mass is 35.5. The van der Waals surface area contributed by atoms with Gasteiger partial charge in [-0.3, -0.25) is 4.79 Å². The van der Waals surface area contributed by atoms with Crippen LogP contribution in [0.3, 0.4) is 0 Å². The van der Waals surface area contributed by atoms with Gasteiger partial charge in [0.15, 0.2) is 0 Å². The lowest BCUT2D eigenvalue weighted by Crippen LogP contribution is -2.42. The van der Waals surface area contributed by atoms with E-state index in [2.05, 4.69) is 28.1 Å². The number of rotatable bonds is 2. The van der Waals surface area contributed by atoms with Gasteiger partial charge >= 0.3 is 0 Å². The number of carbonyl (C=O) groups is 1. The fraction of sp³-hybridized carbons (Fsp3) is 0.429. The maximum atomic E-state index is 13.2. The van der Waals surface area contributed by atoms with Crippen molar-refractivity contribution < 1.29 is 4.79 Å². The van der Waals surface area contributed by atoms with E-state index in [-0.39, 0.29) is 11.8 Å². The van der Waals surface area contributed by atoms with Crippen LogP contribution in [0.25, 0.3) is 5.78 Å². The van der Waals surface area contributed by atoms with E-state index in [0.29, 0.717) is 23.8 Å². The van der Waals surface area contributed by atoms with Crippen LogP contribution in [0.1, 0.15) is 52.1 Å². The molecule has 0 saturated carbocycles. The lowest BCUT2D eigenvalue weighted by Gasteiger charge is -2.37. The summed E-state index contributed by atoms with van der Waals surface area (Å²) >= 11 is 6.28. The van der Waals surface area contributed by atoms with Crippen molar-refractivity contribution in [2.24, 2.45) is 5.92 Å². The molecule has 3 heterocycles. The van der Waals surface area contributed by atoms with Gasteiger partial charge in [0.1, 0.15) is 6.33 Å². The molecule has 4 rings (SSSR count). The predicted octanol–water partition coefficient (Wildman–Crippen LogP) is 3.97. The van der Waals surface area contributed by atoms with Crippen LogP contribution in [0.2, 0.25) is 5.02 Å². The van der Waals surface area contributed by atoms with Crippen LogP contribution in [0.5, 0.6) is 0 Å². The summed E-state index contributed by atoms with van der Waals surface area (Å²) in [5, 5.41) is 5.08. The average molecular weight is 398 g/mol. The predicted molar refractivity (Wildman–Crippen MR) is 109 cm³/mol. The number of halogens is 1. The summed E-state index contributed by atoms with van der Waals surface area (Å²) in [4.78, 5) is 23.8. The van der Waals surface area contributed by atoms with Crippen LogP contribution < -0.4 is 0 Å². The molecule has 0 radical (unpaired) electrons. The topological polar surface area (TPSA) is 63.4 Å². The van der Waals surface area contributed by atoms with Crippen LogP contribution in [0, 0.1) is 26.7 Å². The minimum atomic E-state index is 0.0559. The fourth-order valence-electron chi connectivity index (χ4n) is 4.11. The minimum Gasteiger partial charge on any atom is -0.338 e. The second-order valence-electron chi connectivity index (χ2n) is 7.84. The monoisotopic (exact) mass is 397 g/mol. The summed E-state index contributed by atoms with van der Waals surface area (Å²) in [5.74, 6) is 1.28. The second kappa shape index (κ2) is 7.17. The summed E-state index contributed by atoms with van der Waals surface area (Å²) in [7, 11) is 0. The lowest BCUT2D eigenvalue weighted by molar-refractivity contribution is 0.0666. The van der Waals surface area contributed by atoms with E-state index in [1.165, 1.54) is 6.33 Å². The van der Waals surface area contributed by atoms with Gasteiger partial charge in [-0.2, -0.15) is 10.1 Å². The number of amides is 1. The van der Waals surface area contributed by atoms with E-state index in [9.17, 15) is 4.79 Å². The quantitative estimate of drug-likeness (QED) is 0.656. The number of hydrogen-bond donors (Lipinski definition) is 0. The van der Waals surface area contributed by atoms with Crippen molar-refractivity contribution >= 4 is 23.3 Å². The Bertz CT molecular complexity index is 1040. The maximum Gasteiger partial charge on any atom is 0.253 e. The molecule has 3 aromatic rings. The van der Waals surface area contributed by atoms with E-state index in [0.717, 1.165) is 40.5 Å². The van der Waals surface area contributed by atoms with Gasteiger partial charge in [-0.1, -0.05) is 18.5 Å². The highest BCUT2D eigenvalue weighted by Crippen LogP contribution is 2.33. The molecule has 1 saturated heterocycles. The van der Waals surface area contributed by atoms with Crippen LogP contribution in [-0.4, -0.2) is 43.5 Å². The van der Waals surface area contributed by atoms with E-state index in [1.54, 1.807) is 4.52 Å². The number of piperidine rings is 1. The molecule has 2 aromatic heterocycles. The molecule has 1 fully saturated rings. The third-order valence-electron chi connectivity index (χ3n) is 5.72. The van der Waals surface area contributed by atoms with Crippen molar-refractivity contribution in [3.63, 3.8) is 0 Å². The van der Waals surface area contributed by atoms with Crippen molar-refractivity contribution in [3.8, 4) is 0 Å². The molecule has 0 bridgehead atoms. The van der Waals surface area contributed by atoms with E-state index >= 15 is 0 Å². The van der Waals surface area contributed by atoms with Gasteiger partial charge in [0.25, 0.3) is 11.7 Å². The zero-order valence-electron chi connectivity index (χ0n) is 16.6. The molecule has 1 aromatic carbocycles. The van der Waals surface area contributed by atoms with Gasteiger partial charge in [-0.15, -0.1) is 0 Å². The third kappa shape index (κ3) is 3.26. The molecule has 28 heavy (non-hydrogen) atoms. The lowest BCUT2D eigenvalue weighted by atomic mass is 9.84. The molecular weight excluding hydrogens is 374 g/mol. The first-order valence-electron chi connectivity index (χ1n) is 9.58. The SMILES string of the molecule is Cc1cc([C@@H]2CN(C(=O)c3cc(C)c(Cl)c(C)c3)CC[C@H]2C)n2ncnc2n1. The Morgan fingerprint density at radius 1 is 1.18 bits per heavy atom. The number of benzene rings is 1. The zero-order valence-corrected chi connectivity index (χ0v) is 17.4. The molecule has 146 valence electrons. The summed E-state index contributed by atoms with van der Waals surface area (Å²) in [6.45, 7) is 9.49. The van der Waals surface area contributed by atoms with Crippen LogP contribution >= 0.6 is 11.6 Å². The third-order valence-corrected chi connectivity index (χ3v) is 6.31. The van der Waals surface area contributed by atoms with Gasteiger partial charge in [0, 0.05) is 35.3 Å². The molecule has 0 spiro atoms. The molecule has 7 heteroatoms. The van der Waals surface area contributed by atoms with Gasteiger partial charge in [0.2, 0.25) is 0 Å². The largest absolute Gasteiger partial charge is 0.338 e. The first-order chi connectivity index (χ1) is 13.3. The molecule has 1 aliphatic heterocycles. The van der Waals surface area contributed by atoms with Gasteiger partial charge in [-0.05, 0) is 62.4 Å². The van der Waals surface area contributed by atoms with Gasteiger partial charge in [0.05, 0.1) is 5.69 Å². The van der Waals surface area contributed by atoms with E-state index in [4.69, 9.17) is 11.6 Å². The summed E-state index contributed by atoms with van der Waals surface area (Å²) < 4.78 is 1.80. The summed E-state index contributed by atoms with van der Waals surface area (Å²) in [5.41, 5.74) is 4.54. The fourth-order valence-corrected chi connectivity index (χ4v) is 4.22. The van der Waals surface area contributed by atoms with E-state index in [1.807, 2.05) is 37.8 Å². The number of hydrogen-bond acceptors (Lipinski definition) is 4. The highest BCUT2D eigenvalue weighted by Gasteiger charge is 2.32. The molecule has 0 aliphatic carbocycles. The Kier molecular flexibility index (Phi) is 4.83. The Balaban J connectivity index is 1.67. The van der Waals surface area contributed by atoms with Gasteiger partial charge < -0.3 is 4.90 Å². The molecule has 6 nitrogen and oxygen atoms in total. The Morgan fingerprint density at radius 3 is 2.61 bits per heavy atom. The van der Waals surface area contributed by atoms with E-state index < -0.39 is 0 Å². The number of aromatic nitrogens is 4. The normalized spacial score (nSPS) is 20.0. The number of aryl methyl sites for hydroxylation is 3. The van der Waals surface area contributed by atoms with Crippen molar-refractivity contribution in [1.82, 2.24) is 24.5 Å². The standard InChI is InChI=1S/C21H24ClN5O/c1-12-5-6-26(20(28)16-7-13(2)19(22)14(3)8-16)10-17(12)18-9-15(4)25-21-23-11-24-27(18)21/h7-9,11-12,17H,5-6,10H2,1-4H3/t12-,17-/m1/s1. The molecule has 0 unspecified atom stereocenters. The van der Waals surface area contributed by atoms with Crippen LogP contribution in [0.4, 0.5) is 0 Å². The Labute approximate surface area is 169 Å².